The summed E-state index contributed by atoms with van der Waals surface area (Å²) >= 11 is 0. The van der Waals surface area contributed by atoms with Gasteiger partial charge in [-0.1, -0.05) is 19.1 Å². The number of likely N-dealkylation sites (N-methyl/N-ethyl adjacent to an activating group) is 1. The molecule has 2 atom stereocenters. The highest BCUT2D eigenvalue weighted by Crippen LogP contribution is 2.21. The molecule has 2 rings (SSSR count). The molecule has 19 heavy (non-hydrogen) atoms. The first-order valence-electron chi connectivity index (χ1n) is 7.40. The van der Waals surface area contributed by atoms with Crippen molar-refractivity contribution >= 4 is 5.69 Å². The van der Waals surface area contributed by atoms with Gasteiger partial charge in [0.1, 0.15) is 0 Å². The van der Waals surface area contributed by atoms with Crippen LogP contribution in [0.25, 0.3) is 0 Å². The third-order valence-electron chi connectivity index (χ3n) is 4.23. The van der Waals surface area contributed by atoms with Crippen LogP contribution in [0.1, 0.15) is 32.4 Å². The predicted molar refractivity (Wildman–Crippen MR) is 82.8 cm³/mol. The zero-order valence-electron chi connectivity index (χ0n) is 12.7. The summed E-state index contributed by atoms with van der Waals surface area (Å²) in [4.78, 5) is 4.92. The molecule has 1 N–H and O–H groups in total. The quantitative estimate of drug-likeness (QED) is 0.898. The Morgan fingerprint density at radius 2 is 1.95 bits per heavy atom. The first kappa shape index (κ1) is 14.4. The SMILES string of the molecule is CCNC(C)c1ccc(N2CCN(C)C(C)C2)cc1. The number of nitrogens with one attached hydrogen (secondary N) is 1. The number of hydrogen-bond donors (Lipinski definition) is 1. The Morgan fingerprint density at radius 1 is 1.26 bits per heavy atom. The van der Waals surface area contributed by atoms with Crippen LogP contribution in [0, 0.1) is 0 Å². The number of rotatable bonds is 4. The van der Waals surface area contributed by atoms with Crippen LogP contribution in [-0.4, -0.2) is 44.2 Å². The first-order chi connectivity index (χ1) is 9.11. The maximum absolute atomic E-state index is 3.45. The van der Waals surface area contributed by atoms with Gasteiger partial charge in [-0.25, -0.2) is 0 Å². The minimum absolute atomic E-state index is 0.436. The summed E-state index contributed by atoms with van der Waals surface area (Å²) in [5.41, 5.74) is 2.72. The summed E-state index contributed by atoms with van der Waals surface area (Å²) in [6, 6.07) is 10.1. The van der Waals surface area contributed by atoms with Gasteiger partial charge in [-0.05, 0) is 45.1 Å². The molecule has 106 valence electrons. The highest BCUT2D eigenvalue weighted by Gasteiger charge is 2.20. The Bertz CT molecular complexity index is 387. The van der Waals surface area contributed by atoms with Crippen LogP contribution in [0.5, 0.6) is 0 Å². The maximum atomic E-state index is 3.45. The summed E-state index contributed by atoms with van der Waals surface area (Å²) in [5.74, 6) is 0. The van der Waals surface area contributed by atoms with Gasteiger partial charge in [0.2, 0.25) is 0 Å². The van der Waals surface area contributed by atoms with E-state index in [0.717, 1.165) is 26.2 Å². The molecule has 3 nitrogen and oxygen atoms in total. The summed E-state index contributed by atoms with van der Waals surface area (Å²) in [7, 11) is 2.21. The van der Waals surface area contributed by atoms with E-state index >= 15 is 0 Å². The van der Waals surface area contributed by atoms with Gasteiger partial charge in [-0.15, -0.1) is 0 Å². The monoisotopic (exact) mass is 261 g/mol. The minimum Gasteiger partial charge on any atom is -0.369 e. The molecule has 1 heterocycles. The fraction of sp³-hybridized carbons (Fsp3) is 0.625. The summed E-state index contributed by atoms with van der Waals surface area (Å²) in [6.07, 6.45) is 0. The van der Waals surface area contributed by atoms with Gasteiger partial charge in [0.05, 0.1) is 0 Å². The van der Waals surface area contributed by atoms with Crippen LogP contribution in [0.4, 0.5) is 5.69 Å². The predicted octanol–water partition coefficient (Wildman–Crippen LogP) is 2.50. The largest absolute Gasteiger partial charge is 0.369 e. The summed E-state index contributed by atoms with van der Waals surface area (Å²) in [6.45, 7) is 11.1. The minimum atomic E-state index is 0.436. The van der Waals surface area contributed by atoms with Gasteiger partial charge < -0.3 is 15.1 Å². The molecule has 3 heteroatoms. The van der Waals surface area contributed by atoms with Crippen molar-refractivity contribution in [1.29, 1.82) is 0 Å². The molecule has 2 unspecified atom stereocenters. The molecule has 0 saturated carbocycles. The van der Waals surface area contributed by atoms with Crippen molar-refractivity contribution in [3.63, 3.8) is 0 Å². The Hall–Kier alpha value is -1.06. The van der Waals surface area contributed by atoms with Gasteiger partial charge in [-0.2, -0.15) is 0 Å². The highest BCUT2D eigenvalue weighted by molar-refractivity contribution is 5.48. The van der Waals surface area contributed by atoms with E-state index in [4.69, 9.17) is 0 Å². The Labute approximate surface area is 117 Å². The van der Waals surface area contributed by atoms with Crippen LogP contribution in [0.15, 0.2) is 24.3 Å². The standard InChI is InChI=1S/C16H27N3/c1-5-17-14(3)15-6-8-16(9-7-15)19-11-10-18(4)13(2)12-19/h6-9,13-14,17H,5,10-12H2,1-4H3. The van der Waals surface area contributed by atoms with Gasteiger partial charge in [0, 0.05) is 37.4 Å². The second-order valence-corrected chi connectivity index (χ2v) is 5.65. The lowest BCUT2D eigenvalue weighted by Gasteiger charge is -2.39. The lowest BCUT2D eigenvalue weighted by atomic mass is 10.1. The lowest BCUT2D eigenvalue weighted by molar-refractivity contribution is 0.234. The van der Waals surface area contributed by atoms with E-state index in [1.165, 1.54) is 11.3 Å². The van der Waals surface area contributed by atoms with Crippen LogP contribution in [0.3, 0.4) is 0 Å². The van der Waals surface area contributed by atoms with Crippen LogP contribution >= 0.6 is 0 Å². The second kappa shape index (κ2) is 6.40. The fourth-order valence-corrected chi connectivity index (χ4v) is 2.68. The van der Waals surface area contributed by atoms with E-state index < -0.39 is 0 Å². The van der Waals surface area contributed by atoms with E-state index in [9.17, 15) is 0 Å². The molecular formula is C16H27N3. The third-order valence-corrected chi connectivity index (χ3v) is 4.23. The molecule has 0 amide bonds. The van der Waals surface area contributed by atoms with Gasteiger partial charge in [0.15, 0.2) is 0 Å². The van der Waals surface area contributed by atoms with Crippen molar-refractivity contribution in [2.24, 2.45) is 0 Å². The summed E-state index contributed by atoms with van der Waals surface area (Å²) < 4.78 is 0. The smallest absolute Gasteiger partial charge is 0.0367 e. The first-order valence-corrected chi connectivity index (χ1v) is 7.40. The number of hydrogen-bond acceptors (Lipinski definition) is 3. The topological polar surface area (TPSA) is 18.5 Å². The van der Waals surface area contributed by atoms with Crippen molar-refractivity contribution < 1.29 is 0 Å². The van der Waals surface area contributed by atoms with Gasteiger partial charge in [0.25, 0.3) is 0 Å². The Morgan fingerprint density at radius 3 is 2.53 bits per heavy atom. The van der Waals surface area contributed by atoms with E-state index in [1.807, 2.05) is 0 Å². The molecule has 1 aromatic rings. The maximum Gasteiger partial charge on any atom is 0.0367 e. The molecule has 1 aromatic carbocycles. The molecule has 0 radical (unpaired) electrons. The number of nitrogens with zero attached hydrogens (tertiary/aromatic N) is 2. The fourth-order valence-electron chi connectivity index (χ4n) is 2.68. The van der Waals surface area contributed by atoms with Crippen LogP contribution in [-0.2, 0) is 0 Å². The van der Waals surface area contributed by atoms with Crippen molar-refractivity contribution in [3.8, 4) is 0 Å². The van der Waals surface area contributed by atoms with Gasteiger partial charge in [-0.3, -0.25) is 0 Å². The highest BCUT2D eigenvalue weighted by atomic mass is 15.3. The Balaban J connectivity index is 2.02. The molecular weight excluding hydrogens is 234 g/mol. The zero-order valence-corrected chi connectivity index (χ0v) is 12.7. The van der Waals surface area contributed by atoms with Crippen molar-refractivity contribution in [2.75, 3.05) is 38.1 Å². The number of benzene rings is 1. The second-order valence-electron chi connectivity index (χ2n) is 5.65. The zero-order chi connectivity index (χ0) is 13.8. The molecule has 1 fully saturated rings. The molecule has 1 saturated heterocycles. The van der Waals surface area contributed by atoms with Crippen LogP contribution < -0.4 is 10.2 Å². The van der Waals surface area contributed by atoms with Gasteiger partial charge >= 0.3 is 0 Å². The molecule has 0 aliphatic carbocycles. The van der Waals surface area contributed by atoms with Crippen molar-refractivity contribution in [3.05, 3.63) is 29.8 Å². The lowest BCUT2D eigenvalue weighted by Crippen LogP contribution is -2.50. The normalized spacial score (nSPS) is 22.5. The number of anilines is 1. The molecule has 1 aliphatic rings. The number of piperazine rings is 1. The van der Waals surface area contributed by atoms with Crippen molar-refractivity contribution in [1.82, 2.24) is 10.2 Å². The van der Waals surface area contributed by atoms with Crippen LogP contribution in [0.2, 0.25) is 0 Å². The summed E-state index contributed by atoms with van der Waals surface area (Å²) in [5, 5.41) is 3.45. The average molecular weight is 261 g/mol. The van der Waals surface area contributed by atoms with Crippen molar-refractivity contribution in [2.45, 2.75) is 32.9 Å². The molecule has 0 spiro atoms. The van der Waals surface area contributed by atoms with E-state index in [1.54, 1.807) is 0 Å². The van der Waals surface area contributed by atoms with E-state index in [0.29, 0.717) is 12.1 Å². The van der Waals surface area contributed by atoms with E-state index in [2.05, 4.69) is 67.2 Å². The molecule has 0 aromatic heterocycles. The molecule has 1 aliphatic heterocycles. The Kier molecular flexibility index (Phi) is 4.83. The van der Waals surface area contributed by atoms with E-state index in [-0.39, 0.29) is 0 Å². The average Bonchev–Trinajstić information content (AvgIpc) is 2.42. The third kappa shape index (κ3) is 3.48. The molecule has 0 bridgehead atoms.